The number of carbonyl (C=O) groups is 3. The molecule has 4 N–H and O–H groups in total. The second-order valence-corrected chi connectivity index (χ2v) is 10.9. The molecule has 37 heavy (non-hydrogen) atoms. The lowest BCUT2D eigenvalue weighted by molar-refractivity contribution is -0.151. The van der Waals surface area contributed by atoms with Crippen molar-refractivity contribution in [2.75, 3.05) is 38.1 Å². The summed E-state index contributed by atoms with van der Waals surface area (Å²) in [6, 6.07) is 4.79. The summed E-state index contributed by atoms with van der Waals surface area (Å²) in [5.74, 6) is -0.872. The molecule has 3 amide bonds. The maximum absolute atomic E-state index is 13.6. The molecule has 4 heterocycles. The van der Waals surface area contributed by atoms with E-state index in [-0.39, 0.29) is 36.8 Å². The van der Waals surface area contributed by atoms with E-state index in [0.29, 0.717) is 43.2 Å². The summed E-state index contributed by atoms with van der Waals surface area (Å²) in [5.41, 5.74) is 7.05. The number of carbonyl (C=O) groups excluding carboxylic acids is 3. The number of morpholine rings is 1. The molecule has 2 fully saturated rings. The Balaban J connectivity index is 1.35. The number of rotatable bonds is 5. The highest BCUT2D eigenvalue weighted by Gasteiger charge is 2.39. The number of fused-ring (bicyclic) bond motifs is 3. The largest absolute Gasteiger partial charge is 0.372 e. The van der Waals surface area contributed by atoms with Gasteiger partial charge in [-0.1, -0.05) is 11.6 Å². The Morgan fingerprint density at radius 3 is 2.73 bits per heavy atom. The van der Waals surface area contributed by atoms with Gasteiger partial charge in [0.05, 0.1) is 41.7 Å². The molecule has 3 aromatic rings. The number of nitrogens with one attached hydrogen (secondary N) is 2. The van der Waals surface area contributed by atoms with Crippen molar-refractivity contribution < 1.29 is 19.1 Å². The molecule has 2 saturated heterocycles. The smallest absolute Gasteiger partial charge is 0.244 e. The van der Waals surface area contributed by atoms with Crippen LogP contribution in [0.2, 0.25) is 5.02 Å². The molecule has 11 heteroatoms. The zero-order valence-corrected chi connectivity index (χ0v) is 21.7. The van der Waals surface area contributed by atoms with Gasteiger partial charge in [0.15, 0.2) is 0 Å². The lowest BCUT2D eigenvalue weighted by Crippen LogP contribution is -2.60. The van der Waals surface area contributed by atoms with E-state index in [0.717, 1.165) is 21.8 Å². The summed E-state index contributed by atoms with van der Waals surface area (Å²) in [4.78, 5) is 49.3. The van der Waals surface area contributed by atoms with Crippen molar-refractivity contribution >= 4 is 56.8 Å². The van der Waals surface area contributed by atoms with E-state index >= 15 is 0 Å². The van der Waals surface area contributed by atoms with Gasteiger partial charge in [0.2, 0.25) is 17.7 Å². The predicted molar refractivity (Wildman–Crippen MR) is 141 cm³/mol. The molecule has 0 aliphatic carbocycles. The van der Waals surface area contributed by atoms with Crippen molar-refractivity contribution in [3.63, 3.8) is 0 Å². The highest BCUT2D eigenvalue weighted by molar-refractivity contribution is 6.33. The van der Waals surface area contributed by atoms with Crippen LogP contribution in [0, 0.1) is 5.92 Å². The van der Waals surface area contributed by atoms with Gasteiger partial charge in [0, 0.05) is 47.5 Å². The lowest BCUT2D eigenvalue weighted by Gasteiger charge is -2.43. The maximum Gasteiger partial charge on any atom is 0.244 e. The number of hydrogen-bond donors (Lipinski definition) is 3. The Morgan fingerprint density at radius 1 is 1.24 bits per heavy atom. The second kappa shape index (κ2) is 9.92. The molecule has 0 unspecified atom stereocenters. The van der Waals surface area contributed by atoms with Crippen LogP contribution in [0.1, 0.15) is 26.7 Å². The van der Waals surface area contributed by atoms with Crippen molar-refractivity contribution in [3.05, 3.63) is 35.6 Å². The minimum absolute atomic E-state index is 0.0771. The first kappa shape index (κ1) is 25.4. The van der Waals surface area contributed by atoms with Crippen LogP contribution in [0.5, 0.6) is 0 Å². The average molecular weight is 527 g/mol. The number of hydrogen-bond acceptors (Lipinski definition) is 6. The third-order valence-electron chi connectivity index (χ3n) is 7.28. The van der Waals surface area contributed by atoms with Gasteiger partial charge in [0.25, 0.3) is 0 Å². The van der Waals surface area contributed by atoms with Gasteiger partial charge < -0.3 is 25.7 Å². The molecule has 2 aliphatic rings. The number of halogens is 1. The molecule has 5 rings (SSSR count). The maximum atomic E-state index is 13.6. The molecule has 2 aromatic heterocycles. The van der Waals surface area contributed by atoms with Crippen LogP contribution in [0.25, 0.3) is 21.8 Å². The topological polar surface area (TPSA) is 134 Å². The van der Waals surface area contributed by atoms with E-state index in [1.54, 1.807) is 23.4 Å². The van der Waals surface area contributed by atoms with Crippen LogP contribution in [-0.2, 0) is 19.1 Å². The van der Waals surface area contributed by atoms with Gasteiger partial charge >= 0.3 is 0 Å². The number of likely N-dealkylation sites (tertiary alicyclic amines) is 1. The number of benzene rings is 1. The van der Waals surface area contributed by atoms with E-state index in [9.17, 15) is 14.4 Å². The number of nitrogens with zero attached hydrogens (tertiary/aromatic N) is 3. The molecule has 0 spiro atoms. The third kappa shape index (κ3) is 5.27. The van der Waals surface area contributed by atoms with E-state index < -0.39 is 11.6 Å². The number of primary amides is 1. The number of aromatic nitrogens is 2. The van der Waals surface area contributed by atoms with Crippen molar-refractivity contribution in [1.82, 2.24) is 19.8 Å². The van der Waals surface area contributed by atoms with Crippen LogP contribution in [-0.4, -0.2) is 81.9 Å². The van der Waals surface area contributed by atoms with Gasteiger partial charge in [0.1, 0.15) is 6.04 Å². The molecular formula is C26H31ClN6O4. The quantitative estimate of drug-likeness (QED) is 0.468. The Bertz CT molecular complexity index is 1360. The van der Waals surface area contributed by atoms with Gasteiger partial charge in [-0.3, -0.25) is 24.3 Å². The molecular weight excluding hydrogens is 496 g/mol. The number of amides is 3. The fourth-order valence-electron chi connectivity index (χ4n) is 5.28. The number of aromatic amines is 1. The average Bonchev–Trinajstić information content (AvgIpc) is 3.22. The summed E-state index contributed by atoms with van der Waals surface area (Å²) in [6.07, 6.45) is 4.56. The zero-order valence-electron chi connectivity index (χ0n) is 20.9. The van der Waals surface area contributed by atoms with Gasteiger partial charge in [-0.15, -0.1) is 0 Å². The minimum Gasteiger partial charge on any atom is -0.372 e. The minimum atomic E-state index is -0.666. The molecule has 1 atom stereocenters. The van der Waals surface area contributed by atoms with E-state index in [4.69, 9.17) is 22.1 Å². The SMILES string of the molecule is CC1(C)CN(CC(=O)N2CCC(C(N)=O)CC2)[C@H](C(=O)Nc2cc(Cl)cc3c2[nH]c2cnccc23)CO1. The normalized spacial score (nSPS) is 20.8. The summed E-state index contributed by atoms with van der Waals surface area (Å²) < 4.78 is 5.97. The zero-order chi connectivity index (χ0) is 26.3. The molecule has 2 aliphatic heterocycles. The van der Waals surface area contributed by atoms with Gasteiger partial charge in [-0.2, -0.15) is 0 Å². The van der Waals surface area contributed by atoms with Crippen LogP contribution in [0.3, 0.4) is 0 Å². The standard InChI is InChI=1S/C26H31ClN6O4/c1-26(2)14-33(12-22(34)32-7-4-15(5-8-32)24(28)35)21(13-37-26)25(36)31-19-10-16(27)9-18-17-3-6-29-11-20(17)30-23(18)19/h3,6,9-11,15,21,30H,4-5,7-8,12-14H2,1-2H3,(H2,28,35)(H,31,36)/t21-/m0/s1. The fourth-order valence-corrected chi connectivity index (χ4v) is 5.50. The molecule has 196 valence electrons. The molecule has 1 aromatic carbocycles. The van der Waals surface area contributed by atoms with Crippen molar-refractivity contribution in [2.45, 2.75) is 38.3 Å². The van der Waals surface area contributed by atoms with Gasteiger partial charge in [-0.05, 0) is 44.9 Å². The summed E-state index contributed by atoms with van der Waals surface area (Å²) in [6.45, 7) is 5.48. The highest BCUT2D eigenvalue weighted by Crippen LogP contribution is 2.33. The summed E-state index contributed by atoms with van der Waals surface area (Å²) in [7, 11) is 0. The van der Waals surface area contributed by atoms with E-state index in [2.05, 4.69) is 15.3 Å². The first-order valence-corrected chi connectivity index (χ1v) is 12.8. The monoisotopic (exact) mass is 526 g/mol. The third-order valence-corrected chi connectivity index (χ3v) is 7.50. The van der Waals surface area contributed by atoms with Gasteiger partial charge in [-0.25, -0.2) is 0 Å². The predicted octanol–water partition coefficient (Wildman–Crippen LogP) is 2.51. The van der Waals surface area contributed by atoms with Crippen LogP contribution < -0.4 is 11.1 Å². The lowest BCUT2D eigenvalue weighted by atomic mass is 9.96. The van der Waals surface area contributed by atoms with E-state index in [1.807, 2.05) is 30.9 Å². The van der Waals surface area contributed by atoms with E-state index in [1.165, 1.54) is 0 Å². The number of H-pyrrole nitrogens is 1. The second-order valence-electron chi connectivity index (χ2n) is 10.5. The number of nitrogens with two attached hydrogens (primary N) is 1. The Labute approximate surface area is 219 Å². The highest BCUT2D eigenvalue weighted by atomic mass is 35.5. The fraction of sp³-hybridized carbons (Fsp3) is 0.462. The van der Waals surface area contributed by atoms with Crippen LogP contribution >= 0.6 is 11.6 Å². The van der Waals surface area contributed by atoms with Crippen molar-refractivity contribution in [1.29, 1.82) is 0 Å². The van der Waals surface area contributed by atoms with Crippen molar-refractivity contribution in [3.8, 4) is 0 Å². The summed E-state index contributed by atoms with van der Waals surface area (Å²) in [5, 5.41) is 5.34. The number of piperidine rings is 1. The molecule has 0 bridgehead atoms. The summed E-state index contributed by atoms with van der Waals surface area (Å²) >= 11 is 6.41. The Morgan fingerprint density at radius 2 is 2.00 bits per heavy atom. The van der Waals surface area contributed by atoms with Crippen LogP contribution in [0.15, 0.2) is 30.6 Å². The molecule has 10 nitrogen and oxygen atoms in total. The first-order chi connectivity index (χ1) is 17.6. The number of anilines is 1. The molecule has 0 saturated carbocycles. The Hall–Kier alpha value is -3.21. The van der Waals surface area contributed by atoms with Crippen LogP contribution in [0.4, 0.5) is 5.69 Å². The Kier molecular flexibility index (Phi) is 6.82. The number of ether oxygens (including phenoxy) is 1. The first-order valence-electron chi connectivity index (χ1n) is 12.4. The molecule has 0 radical (unpaired) electrons. The number of pyridine rings is 1. The van der Waals surface area contributed by atoms with Crippen molar-refractivity contribution in [2.24, 2.45) is 11.7 Å².